The Morgan fingerprint density at radius 3 is 2.45 bits per heavy atom. The van der Waals surface area contributed by atoms with E-state index in [2.05, 4.69) is 6.92 Å². The first-order valence-corrected chi connectivity index (χ1v) is 4.90. The molecule has 1 heteroatoms. The van der Waals surface area contributed by atoms with Crippen LogP contribution in [0, 0.1) is 11.8 Å². The van der Waals surface area contributed by atoms with Gasteiger partial charge in [0.15, 0.2) is 0 Å². The van der Waals surface area contributed by atoms with E-state index in [0.29, 0.717) is 0 Å². The summed E-state index contributed by atoms with van der Waals surface area (Å²) in [7, 11) is 0. The van der Waals surface area contributed by atoms with E-state index in [9.17, 15) is 5.11 Å². The topological polar surface area (TPSA) is 20.2 Å². The molecule has 11 heavy (non-hydrogen) atoms. The van der Waals surface area contributed by atoms with Crippen LogP contribution in [0.5, 0.6) is 0 Å². The van der Waals surface area contributed by atoms with Crippen LogP contribution >= 0.6 is 0 Å². The molecule has 0 saturated heterocycles. The SMILES string of the molecule is CC1CC(O)(CCC2CC2)C1. The molecule has 0 amide bonds. The van der Waals surface area contributed by atoms with Gasteiger partial charge in [-0.05, 0) is 37.5 Å². The maximum atomic E-state index is 9.86. The van der Waals surface area contributed by atoms with Crippen LogP contribution in [0.15, 0.2) is 0 Å². The van der Waals surface area contributed by atoms with Gasteiger partial charge in [-0.25, -0.2) is 0 Å². The second-order valence-corrected chi connectivity index (χ2v) is 4.72. The highest BCUT2D eigenvalue weighted by Crippen LogP contribution is 2.44. The Balaban J connectivity index is 1.68. The Morgan fingerprint density at radius 2 is 2.00 bits per heavy atom. The van der Waals surface area contributed by atoms with Crippen molar-refractivity contribution in [2.24, 2.45) is 11.8 Å². The van der Waals surface area contributed by atoms with Gasteiger partial charge in [0.25, 0.3) is 0 Å². The Hall–Kier alpha value is -0.0400. The zero-order chi connectivity index (χ0) is 7.90. The average molecular weight is 154 g/mol. The van der Waals surface area contributed by atoms with E-state index in [1.165, 1.54) is 19.3 Å². The van der Waals surface area contributed by atoms with E-state index in [0.717, 1.165) is 31.1 Å². The van der Waals surface area contributed by atoms with Gasteiger partial charge >= 0.3 is 0 Å². The number of aliphatic hydroxyl groups is 1. The highest BCUT2D eigenvalue weighted by molar-refractivity contribution is 4.93. The van der Waals surface area contributed by atoms with Gasteiger partial charge < -0.3 is 5.11 Å². The first-order valence-electron chi connectivity index (χ1n) is 4.90. The molecule has 0 bridgehead atoms. The first kappa shape index (κ1) is 7.60. The lowest BCUT2D eigenvalue weighted by Gasteiger charge is -2.42. The smallest absolute Gasteiger partial charge is 0.0653 e. The third-order valence-electron chi connectivity index (χ3n) is 3.17. The highest BCUT2D eigenvalue weighted by Gasteiger charge is 2.40. The molecular formula is C10H18O. The molecule has 2 aliphatic rings. The van der Waals surface area contributed by atoms with Gasteiger partial charge in [0.2, 0.25) is 0 Å². The molecule has 64 valence electrons. The molecule has 0 heterocycles. The van der Waals surface area contributed by atoms with Crippen LogP contribution in [0.25, 0.3) is 0 Å². The van der Waals surface area contributed by atoms with Gasteiger partial charge in [0.05, 0.1) is 5.60 Å². The van der Waals surface area contributed by atoms with E-state index in [4.69, 9.17) is 0 Å². The van der Waals surface area contributed by atoms with Crippen molar-refractivity contribution in [1.29, 1.82) is 0 Å². The summed E-state index contributed by atoms with van der Waals surface area (Å²) in [6.45, 7) is 2.23. The van der Waals surface area contributed by atoms with Crippen LogP contribution in [0.3, 0.4) is 0 Å². The van der Waals surface area contributed by atoms with Crippen molar-refractivity contribution in [3.63, 3.8) is 0 Å². The summed E-state index contributed by atoms with van der Waals surface area (Å²) < 4.78 is 0. The molecule has 0 aromatic rings. The lowest BCUT2D eigenvalue weighted by molar-refractivity contribution is -0.0756. The largest absolute Gasteiger partial charge is 0.390 e. The van der Waals surface area contributed by atoms with Crippen molar-refractivity contribution >= 4 is 0 Å². The fraction of sp³-hybridized carbons (Fsp3) is 1.00. The summed E-state index contributed by atoms with van der Waals surface area (Å²) in [5, 5.41) is 9.86. The predicted molar refractivity (Wildman–Crippen MR) is 45.3 cm³/mol. The minimum Gasteiger partial charge on any atom is -0.390 e. The molecule has 2 aliphatic carbocycles. The second kappa shape index (κ2) is 2.48. The van der Waals surface area contributed by atoms with Crippen molar-refractivity contribution in [2.45, 2.75) is 51.0 Å². The molecule has 2 saturated carbocycles. The maximum Gasteiger partial charge on any atom is 0.0653 e. The molecule has 0 aliphatic heterocycles. The van der Waals surface area contributed by atoms with Crippen LogP contribution in [-0.2, 0) is 0 Å². The fourth-order valence-electron chi connectivity index (χ4n) is 2.32. The summed E-state index contributed by atoms with van der Waals surface area (Å²) >= 11 is 0. The summed E-state index contributed by atoms with van der Waals surface area (Å²) in [6.07, 6.45) is 7.31. The molecule has 0 unspecified atom stereocenters. The van der Waals surface area contributed by atoms with Gasteiger partial charge in [0.1, 0.15) is 0 Å². The summed E-state index contributed by atoms with van der Waals surface area (Å²) in [5.74, 6) is 1.76. The molecule has 0 spiro atoms. The van der Waals surface area contributed by atoms with Gasteiger partial charge in [-0.15, -0.1) is 0 Å². The molecule has 0 atom stereocenters. The highest BCUT2D eigenvalue weighted by atomic mass is 16.3. The van der Waals surface area contributed by atoms with Crippen molar-refractivity contribution in [3.05, 3.63) is 0 Å². The minimum absolute atomic E-state index is 0.234. The minimum atomic E-state index is -0.234. The average Bonchev–Trinajstić information content (AvgIpc) is 2.62. The van der Waals surface area contributed by atoms with Crippen molar-refractivity contribution in [3.8, 4) is 0 Å². The monoisotopic (exact) mass is 154 g/mol. The van der Waals surface area contributed by atoms with Crippen molar-refractivity contribution in [1.82, 2.24) is 0 Å². The van der Waals surface area contributed by atoms with Crippen LogP contribution in [-0.4, -0.2) is 10.7 Å². The molecule has 0 radical (unpaired) electrons. The third-order valence-corrected chi connectivity index (χ3v) is 3.17. The molecule has 2 fully saturated rings. The van der Waals surface area contributed by atoms with Gasteiger partial charge in [-0.1, -0.05) is 19.8 Å². The number of hydrogen-bond acceptors (Lipinski definition) is 1. The van der Waals surface area contributed by atoms with Crippen molar-refractivity contribution in [2.75, 3.05) is 0 Å². The molecule has 1 N–H and O–H groups in total. The van der Waals surface area contributed by atoms with Crippen LogP contribution in [0.4, 0.5) is 0 Å². The quantitative estimate of drug-likeness (QED) is 0.661. The lowest BCUT2D eigenvalue weighted by atomic mass is 9.69. The molecule has 0 aromatic heterocycles. The summed E-state index contributed by atoms with van der Waals surface area (Å²) in [4.78, 5) is 0. The Morgan fingerprint density at radius 1 is 1.36 bits per heavy atom. The van der Waals surface area contributed by atoms with E-state index in [-0.39, 0.29) is 5.60 Å². The maximum absolute atomic E-state index is 9.86. The van der Waals surface area contributed by atoms with E-state index >= 15 is 0 Å². The van der Waals surface area contributed by atoms with E-state index in [1.807, 2.05) is 0 Å². The zero-order valence-corrected chi connectivity index (χ0v) is 7.34. The Bertz CT molecular complexity index is 143. The lowest BCUT2D eigenvalue weighted by Crippen LogP contribution is -2.42. The van der Waals surface area contributed by atoms with E-state index < -0.39 is 0 Å². The standard InChI is InChI=1S/C10H18O/c1-8-6-10(11,7-8)5-4-9-2-3-9/h8-9,11H,2-7H2,1H3. The first-order chi connectivity index (χ1) is 5.18. The molecule has 1 nitrogen and oxygen atoms in total. The van der Waals surface area contributed by atoms with Gasteiger partial charge in [-0.2, -0.15) is 0 Å². The normalized spacial score (nSPS) is 43.6. The number of rotatable bonds is 3. The molecular weight excluding hydrogens is 136 g/mol. The van der Waals surface area contributed by atoms with Gasteiger partial charge in [-0.3, -0.25) is 0 Å². The Labute approximate surface area is 68.8 Å². The Kier molecular flexibility index (Phi) is 1.71. The van der Waals surface area contributed by atoms with E-state index in [1.54, 1.807) is 0 Å². The second-order valence-electron chi connectivity index (χ2n) is 4.72. The molecule has 0 aromatic carbocycles. The molecule has 2 rings (SSSR count). The zero-order valence-electron chi connectivity index (χ0n) is 7.34. The summed E-state index contributed by atoms with van der Waals surface area (Å²) in [6, 6.07) is 0. The van der Waals surface area contributed by atoms with Crippen LogP contribution < -0.4 is 0 Å². The van der Waals surface area contributed by atoms with Crippen LogP contribution in [0.1, 0.15) is 45.4 Å². The summed E-state index contributed by atoms with van der Waals surface area (Å²) in [5.41, 5.74) is -0.234. The van der Waals surface area contributed by atoms with Gasteiger partial charge in [0, 0.05) is 0 Å². The predicted octanol–water partition coefficient (Wildman–Crippen LogP) is 2.34. The number of hydrogen-bond donors (Lipinski definition) is 1. The fourth-order valence-corrected chi connectivity index (χ4v) is 2.32. The van der Waals surface area contributed by atoms with Crippen LogP contribution in [0.2, 0.25) is 0 Å². The van der Waals surface area contributed by atoms with Crippen molar-refractivity contribution < 1.29 is 5.11 Å². The third kappa shape index (κ3) is 1.76.